The van der Waals surface area contributed by atoms with Gasteiger partial charge in [-0.1, -0.05) is 23.9 Å². The van der Waals surface area contributed by atoms with Crippen LogP contribution in [0.5, 0.6) is 0 Å². The highest BCUT2D eigenvalue weighted by Crippen LogP contribution is 2.46. The van der Waals surface area contributed by atoms with Crippen molar-refractivity contribution in [3.05, 3.63) is 70.8 Å². The second-order valence-electron chi connectivity index (χ2n) is 7.13. The van der Waals surface area contributed by atoms with E-state index in [1.54, 1.807) is 18.7 Å². The minimum atomic E-state index is -4.30. The summed E-state index contributed by atoms with van der Waals surface area (Å²) < 4.78 is 31.6. The third-order valence-corrected chi connectivity index (χ3v) is 7.06. The predicted molar refractivity (Wildman–Crippen MR) is 123 cm³/mol. The van der Waals surface area contributed by atoms with E-state index in [9.17, 15) is 13.2 Å². The van der Waals surface area contributed by atoms with Crippen molar-refractivity contribution in [3.63, 3.8) is 0 Å². The van der Waals surface area contributed by atoms with Gasteiger partial charge in [-0.3, -0.25) is 9.35 Å². The molecular weight excluding hydrogens is 434 g/mol. The quantitative estimate of drug-likeness (QED) is 0.541. The maximum absolute atomic E-state index is 13.1. The van der Waals surface area contributed by atoms with Crippen molar-refractivity contribution in [1.82, 2.24) is 0 Å². The molecule has 1 N–H and O–H groups in total. The van der Waals surface area contributed by atoms with Crippen molar-refractivity contribution in [1.29, 1.82) is 0 Å². The number of hydrogen-bond acceptors (Lipinski definition) is 6. The molecule has 31 heavy (non-hydrogen) atoms. The molecule has 0 saturated heterocycles. The Kier molecular flexibility index (Phi) is 5.50. The van der Waals surface area contributed by atoms with E-state index < -0.39 is 10.1 Å². The first-order valence-electron chi connectivity index (χ1n) is 9.65. The summed E-state index contributed by atoms with van der Waals surface area (Å²) in [7, 11) is -4.30. The number of hydrazone groups is 1. The zero-order valence-corrected chi connectivity index (χ0v) is 18.9. The van der Waals surface area contributed by atoms with Crippen molar-refractivity contribution < 1.29 is 17.8 Å². The number of nitrogens with zero attached hydrogens (tertiary/aromatic N) is 3. The van der Waals surface area contributed by atoms with E-state index in [4.69, 9.17) is 4.55 Å². The average molecular weight is 456 g/mol. The highest BCUT2D eigenvalue weighted by atomic mass is 32.2. The number of para-hydroxylation sites is 1. The second-order valence-corrected chi connectivity index (χ2v) is 9.61. The van der Waals surface area contributed by atoms with Gasteiger partial charge in [0, 0.05) is 11.4 Å². The van der Waals surface area contributed by atoms with Gasteiger partial charge in [-0.25, -0.2) is 0 Å². The topological polar surface area (TPSA) is 90.3 Å². The Morgan fingerprint density at radius 2 is 1.84 bits per heavy atom. The number of benzene rings is 2. The lowest BCUT2D eigenvalue weighted by Crippen LogP contribution is -2.22. The van der Waals surface area contributed by atoms with Crippen LogP contribution in [0.4, 0.5) is 11.4 Å². The average Bonchev–Trinajstić information content (AvgIpc) is 3.23. The van der Waals surface area contributed by atoms with E-state index in [0.717, 1.165) is 22.8 Å². The summed E-state index contributed by atoms with van der Waals surface area (Å²) in [4.78, 5) is 16.3. The van der Waals surface area contributed by atoms with Crippen LogP contribution >= 0.6 is 11.8 Å². The van der Waals surface area contributed by atoms with Crippen molar-refractivity contribution in [2.24, 2.45) is 5.10 Å². The van der Waals surface area contributed by atoms with Crippen LogP contribution < -0.4 is 9.91 Å². The van der Waals surface area contributed by atoms with Gasteiger partial charge in [0.2, 0.25) is 0 Å². The molecule has 7 nitrogen and oxygen atoms in total. The molecule has 0 radical (unpaired) electrons. The Bertz CT molecular complexity index is 1260. The fraction of sp³-hybridized carbons (Fsp3) is 0.182. The summed E-state index contributed by atoms with van der Waals surface area (Å²) >= 11 is 1.67. The molecule has 0 bridgehead atoms. The molecular formula is C22H21N3O4S2. The molecule has 9 heteroatoms. The summed E-state index contributed by atoms with van der Waals surface area (Å²) in [6, 6.07) is 13.6. The van der Waals surface area contributed by atoms with Gasteiger partial charge in [-0.05, 0) is 68.8 Å². The molecule has 0 atom stereocenters. The molecule has 2 heterocycles. The molecule has 0 fully saturated rings. The maximum atomic E-state index is 13.1. The van der Waals surface area contributed by atoms with Gasteiger partial charge >= 0.3 is 0 Å². The Labute approximate surface area is 185 Å². The number of anilines is 2. The molecule has 0 spiro atoms. The molecule has 2 aromatic carbocycles. The third kappa shape index (κ3) is 3.91. The van der Waals surface area contributed by atoms with Gasteiger partial charge in [-0.2, -0.15) is 18.5 Å². The Morgan fingerprint density at radius 1 is 1.16 bits per heavy atom. The van der Waals surface area contributed by atoms with Crippen LogP contribution in [0.15, 0.2) is 85.7 Å². The van der Waals surface area contributed by atoms with E-state index in [1.165, 1.54) is 34.2 Å². The number of rotatable bonds is 4. The number of allylic oxidation sites excluding steroid dienone is 2. The lowest BCUT2D eigenvalue weighted by Gasteiger charge is -2.18. The molecule has 0 saturated carbocycles. The van der Waals surface area contributed by atoms with Crippen LogP contribution in [-0.4, -0.2) is 31.1 Å². The minimum absolute atomic E-state index is 0.238. The van der Waals surface area contributed by atoms with E-state index in [0.29, 0.717) is 17.0 Å². The third-order valence-electron chi connectivity index (χ3n) is 5.08. The van der Waals surface area contributed by atoms with Gasteiger partial charge < -0.3 is 4.90 Å². The number of thioether (sulfide) groups is 1. The van der Waals surface area contributed by atoms with E-state index in [2.05, 4.69) is 29.1 Å². The monoisotopic (exact) mass is 455 g/mol. The molecule has 4 rings (SSSR count). The van der Waals surface area contributed by atoms with E-state index in [-0.39, 0.29) is 10.8 Å². The van der Waals surface area contributed by atoms with Gasteiger partial charge in [0.05, 0.1) is 32.6 Å². The SMILES string of the molecule is CCN1/C(=C/C(C)=C2\C(=O)N(c3ccc(S(=O)(=O)O)cc3)N=C2C)Sc2ccccc21. The van der Waals surface area contributed by atoms with Crippen LogP contribution in [0.2, 0.25) is 0 Å². The van der Waals surface area contributed by atoms with Crippen LogP contribution in [0, 0.1) is 0 Å². The summed E-state index contributed by atoms with van der Waals surface area (Å²) in [6.45, 7) is 6.56. The number of amides is 1. The van der Waals surface area contributed by atoms with Gasteiger partial charge in [0.25, 0.3) is 16.0 Å². The predicted octanol–water partition coefficient (Wildman–Crippen LogP) is 4.45. The van der Waals surface area contributed by atoms with Crippen LogP contribution in [0.3, 0.4) is 0 Å². The standard InChI is InChI=1S/C22H21N3O4S2/c1-4-24-18-7-5-6-8-19(18)30-20(24)13-14(2)21-15(3)23-25(22(21)26)16-9-11-17(12-10-16)31(27,28)29/h5-13H,4H2,1-3H3,(H,27,28,29)/b20-13-,21-14-. The van der Waals surface area contributed by atoms with Gasteiger partial charge in [0.1, 0.15) is 0 Å². The van der Waals surface area contributed by atoms with E-state index >= 15 is 0 Å². The molecule has 2 aliphatic rings. The Morgan fingerprint density at radius 3 is 2.48 bits per heavy atom. The largest absolute Gasteiger partial charge is 0.335 e. The number of hydrogen-bond donors (Lipinski definition) is 1. The normalized spacial score (nSPS) is 19.2. The Balaban J connectivity index is 1.65. The van der Waals surface area contributed by atoms with E-state index in [1.807, 2.05) is 25.1 Å². The smallest absolute Gasteiger partial charge is 0.294 e. The summed E-state index contributed by atoms with van der Waals surface area (Å²) in [5.41, 5.74) is 3.48. The zero-order valence-electron chi connectivity index (χ0n) is 17.2. The maximum Gasteiger partial charge on any atom is 0.294 e. The first-order chi connectivity index (χ1) is 14.7. The second kappa shape index (κ2) is 7.99. The lowest BCUT2D eigenvalue weighted by molar-refractivity contribution is -0.114. The molecule has 1 amide bonds. The van der Waals surface area contributed by atoms with Crippen LogP contribution in [0.25, 0.3) is 0 Å². The van der Waals surface area contributed by atoms with Crippen molar-refractivity contribution in [3.8, 4) is 0 Å². The molecule has 0 aliphatic carbocycles. The van der Waals surface area contributed by atoms with Gasteiger partial charge in [-0.15, -0.1) is 0 Å². The molecule has 0 aromatic heterocycles. The summed E-state index contributed by atoms with van der Waals surface area (Å²) in [6.07, 6.45) is 2.01. The minimum Gasteiger partial charge on any atom is -0.335 e. The lowest BCUT2D eigenvalue weighted by atomic mass is 10.1. The summed E-state index contributed by atoms with van der Waals surface area (Å²) in [5, 5.41) is 6.66. The molecule has 2 aromatic rings. The van der Waals surface area contributed by atoms with Gasteiger partial charge in [0.15, 0.2) is 0 Å². The first-order valence-corrected chi connectivity index (χ1v) is 11.9. The highest BCUT2D eigenvalue weighted by Gasteiger charge is 2.31. The number of carbonyl (C=O) groups is 1. The molecule has 160 valence electrons. The zero-order chi connectivity index (χ0) is 22.3. The van der Waals surface area contributed by atoms with Crippen molar-refractivity contribution >= 4 is 44.9 Å². The fourth-order valence-corrected chi connectivity index (χ4v) is 5.35. The highest BCUT2D eigenvalue weighted by molar-refractivity contribution is 8.03. The summed E-state index contributed by atoms with van der Waals surface area (Å²) in [5.74, 6) is -0.282. The molecule has 2 aliphatic heterocycles. The Hall–Kier alpha value is -2.88. The fourth-order valence-electron chi connectivity index (χ4n) is 3.64. The number of fused-ring (bicyclic) bond motifs is 1. The van der Waals surface area contributed by atoms with Crippen LogP contribution in [-0.2, 0) is 14.9 Å². The van der Waals surface area contributed by atoms with Crippen molar-refractivity contribution in [2.45, 2.75) is 30.6 Å². The number of carbonyl (C=O) groups excluding carboxylic acids is 1. The molecule has 0 unspecified atom stereocenters. The van der Waals surface area contributed by atoms with Crippen molar-refractivity contribution in [2.75, 3.05) is 16.5 Å². The first kappa shape index (κ1) is 21.4. The van der Waals surface area contributed by atoms with Crippen LogP contribution in [0.1, 0.15) is 20.8 Å².